The van der Waals surface area contributed by atoms with Crippen molar-refractivity contribution in [2.24, 2.45) is 17.6 Å². The molecule has 1 aliphatic rings. The van der Waals surface area contributed by atoms with Crippen LogP contribution in [0.15, 0.2) is 0 Å². The fourth-order valence-electron chi connectivity index (χ4n) is 2.38. The number of carbonyl (C=O) groups is 1. The zero-order valence-corrected chi connectivity index (χ0v) is 14.1. The molecular weight excluding hydrogens is 276 g/mol. The number of ether oxygens (including phenoxy) is 1. The monoisotopic (exact) mass is 306 g/mol. The Morgan fingerprint density at radius 1 is 1.30 bits per heavy atom. The molecule has 0 radical (unpaired) electrons. The van der Waals surface area contributed by atoms with Crippen molar-refractivity contribution in [1.29, 1.82) is 0 Å². The summed E-state index contributed by atoms with van der Waals surface area (Å²) in [5.74, 6) is 1.21. The van der Waals surface area contributed by atoms with Gasteiger partial charge in [0.05, 0.1) is 12.1 Å². The molecule has 2 atom stereocenters. The first-order valence-electron chi connectivity index (χ1n) is 7.56. The summed E-state index contributed by atoms with van der Waals surface area (Å²) in [4.78, 5) is 14.0. The highest BCUT2D eigenvalue weighted by Gasteiger charge is 2.29. The highest BCUT2D eigenvalue weighted by Crippen LogP contribution is 2.16. The second-order valence-electron chi connectivity index (χ2n) is 6.48. The number of hydrogen-bond donors (Lipinski definition) is 1. The molecule has 1 amide bonds. The molecule has 1 unspecified atom stereocenters. The molecule has 5 heteroatoms. The summed E-state index contributed by atoms with van der Waals surface area (Å²) < 4.78 is 5.82. The van der Waals surface area contributed by atoms with Gasteiger partial charge in [0.2, 0.25) is 5.91 Å². The first kappa shape index (κ1) is 19.7. The molecule has 1 saturated heterocycles. The lowest BCUT2D eigenvalue weighted by atomic mass is 10.0. The Kier molecular flexibility index (Phi) is 9.43. The number of halogens is 1. The van der Waals surface area contributed by atoms with E-state index < -0.39 is 0 Å². The van der Waals surface area contributed by atoms with Crippen LogP contribution in [0.2, 0.25) is 0 Å². The van der Waals surface area contributed by atoms with Crippen LogP contribution in [-0.2, 0) is 9.53 Å². The third kappa shape index (κ3) is 6.91. The van der Waals surface area contributed by atoms with Crippen molar-refractivity contribution in [3.8, 4) is 0 Å². The minimum atomic E-state index is -0.352. The number of nitrogens with zero attached hydrogens (tertiary/aromatic N) is 1. The molecule has 1 aliphatic heterocycles. The lowest BCUT2D eigenvalue weighted by Crippen LogP contribution is -2.43. The maximum atomic E-state index is 12.2. The average molecular weight is 307 g/mol. The van der Waals surface area contributed by atoms with E-state index in [4.69, 9.17) is 10.5 Å². The second kappa shape index (κ2) is 9.59. The van der Waals surface area contributed by atoms with Gasteiger partial charge in [0.15, 0.2) is 0 Å². The van der Waals surface area contributed by atoms with Crippen molar-refractivity contribution in [1.82, 2.24) is 4.90 Å². The van der Waals surface area contributed by atoms with Crippen LogP contribution in [0.1, 0.15) is 47.0 Å². The van der Waals surface area contributed by atoms with Crippen LogP contribution in [0.25, 0.3) is 0 Å². The minimum Gasteiger partial charge on any atom is -0.376 e. The van der Waals surface area contributed by atoms with E-state index in [0.717, 1.165) is 32.4 Å². The van der Waals surface area contributed by atoms with Crippen molar-refractivity contribution >= 4 is 18.3 Å². The number of carbonyl (C=O) groups excluding carboxylic acids is 1. The van der Waals surface area contributed by atoms with Crippen molar-refractivity contribution < 1.29 is 9.53 Å². The predicted molar refractivity (Wildman–Crippen MR) is 85.1 cm³/mol. The van der Waals surface area contributed by atoms with Crippen LogP contribution in [-0.4, -0.2) is 42.6 Å². The Morgan fingerprint density at radius 3 is 2.50 bits per heavy atom. The van der Waals surface area contributed by atoms with Crippen LogP contribution >= 0.6 is 12.4 Å². The van der Waals surface area contributed by atoms with E-state index in [0.29, 0.717) is 18.4 Å². The van der Waals surface area contributed by atoms with Gasteiger partial charge >= 0.3 is 0 Å². The van der Waals surface area contributed by atoms with E-state index in [9.17, 15) is 4.79 Å². The van der Waals surface area contributed by atoms with Crippen molar-refractivity contribution in [2.75, 3.05) is 19.7 Å². The Bertz CT molecular complexity index is 285. The van der Waals surface area contributed by atoms with Gasteiger partial charge in [-0.05, 0) is 31.1 Å². The summed E-state index contributed by atoms with van der Waals surface area (Å²) >= 11 is 0. The van der Waals surface area contributed by atoms with Gasteiger partial charge < -0.3 is 15.4 Å². The van der Waals surface area contributed by atoms with Gasteiger partial charge in [0, 0.05) is 19.7 Å². The predicted octanol–water partition coefficient (Wildman–Crippen LogP) is 2.45. The Morgan fingerprint density at radius 2 is 1.95 bits per heavy atom. The largest absolute Gasteiger partial charge is 0.376 e. The number of nitrogens with two attached hydrogens (primary N) is 1. The van der Waals surface area contributed by atoms with Crippen LogP contribution in [0.4, 0.5) is 0 Å². The summed E-state index contributed by atoms with van der Waals surface area (Å²) in [5.41, 5.74) is 5.95. The SMILES string of the molecule is CC(C)CCOC1CCN(C(=O)[C@@H](N)CC(C)C)C1.Cl. The van der Waals surface area contributed by atoms with E-state index in [-0.39, 0.29) is 30.5 Å². The number of hydrogen-bond acceptors (Lipinski definition) is 3. The smallest absolute Gasteiger partial charge is 0.239 e. The molecule has 1 rings (SSSR count). The molecular formula is C15H31ClN2O2. The number of rotatable bonds is 7. The second-order valence-corrected chi connectivity index (χ2v) is 6.48. The lowest BCUT2D eigenvalue weighted by Gasteiger charge is -2.22. The van der Waals surface area contributed by atoms with E-state index in [1.807, 2.05) is 4.90 Å². The molecule has 1 fully saturated rings. The maximum Gasteiger partial charge on any atom is 0.239 e. The Balaban J connectivity index is 0.00000361. The minimum absolute atomic E-state index is 0. The maximum absolute atomic E-state index is 12.2. The van der Waals surface area contributed by atoms with E-state index in [2.05, 4.69) is 27.7 Å². The molecule has 0 aromatic rings. The molecule has 120 valence electrons. The summed E-state index contributed by atoms with van der Waals surface area (Å²) in [6.07, 6.45) is 2.98. The standard InChI is InChI=1S/C15H30N2O2.ClH/c1-11(2)6-8-19-13-5-7-17(10-13)15(18)14(16)9-12(3)4;/h11-14H,5-10,16H2,1-4H3;1H/t13?,14-;/m0./s1. The molecule has 1 heterocycles. The fraction of sp³-hybridized carbons (Fsp3) is 0.933. The Labute approximate surface area is 129 Å². The van der Waals surface area contributed by atoms with E-state index in [1.165, 1.54) is 0 Å². The summed E-state index contributed by atoms with van der Waals surface area (Å²) in [7, 11) is 0. The third-order valence-electron chi connectivity index (χ3n) is 3.55. The highest BCUT2D eigenvalue weighted by molar-refractivity contribution is 5.85. The summed E-state index contributed by atoms with van der Waals surface area (Å²) in [6.45, 7) is 10.9. The zero-order valence-electron chi connectivity index (χ0n) is 13.3. The van der Waals surface area contributed by atoms with Gasteiger partial charge in [0.25, 0.3) is 0 Å². The van der Waals surface area contributed by atoms with Crippen LogP contribution in [0.5, 0.6) is 0 Å². The van der Waals surface area contributed by atoms with E-state index >= 15 is 0 Å². The third-order valence-corrected chi connectivity index (χ3v) is 3.55. The van der Waals surface area contributed by atoms with Crippen molar-refractivity contribution in [2.45, 2.75) is 59.1 Å². The Hall–Kier alpha value is -0.320. The van der Waals surface area contributed by atoms with Gasteiger partial charge in [-0.2, -0.15) is 0 Å². The topological polar surface area (TPSA) is 55.6 Å². The van der Waals surface area contributed by atoms with Gasteiger partial charge in [-0.3, -0.25) is 4.79 Å². The van der Waals surface area contributed by atoms with Crippen LogP contribution in [0.3, 0.4) is 0 Å². The van der Waals surface area contributed by atoms with Gasteiger partial charge in [0.1, 0.15) is 0 Å². The first-order chi connectivity index (χ1) is 8.90. The number of likely N-dealkylation sites (tertiary alicyclic amines) is 1. The number of amides is 1. The quantitative estimate of drug-likeness (QED) is 0.786. The van der Waals surface area contributed by atoms with Crippen LogP contribution in [0, 0.1) is 11.8 Å². The molecule has 20 heavy (non-hydrogen) atoms. The summed E-state index contributed by atoms with van der Waals surface area (Å²) in [5, 5.41) is 0. The van der Waals surface area contributed by atoms with Crippen molar-refractivity contribution in [3.05, 3.63) is 0 Å². The molecule has 2 N–H and O–H groups in total. The average Bonchev–Trinajstić information content (AvgIpc) is 2.75. The van der Waals surface area contributed by atoms with Crippen molar-refractivity contribution in [3.63, 3.8) is 0 Å². The zero-order chi connectivity index (χ0) is 14.4. The normalized spacial score (nSPS) is 20.4. The molecule has 0 aromatic heterocycles. The molecule has 0 saturated carbocycles. The first-order valence-corrected chi connectivity index (χ1v) is 7.56. The van der Waals surface area contributed by atoms with E-state index in [1.54, 1.807) is 0 Å². The van der Waals surface area contributed by atoms with Crippen LogP contribution < -0.4 is 5.73 Å². The van der Waals surface area contributed by atoms with Gasteiger partial charge in [-0.1, -0.05) is 27.7 Å². The molecule has 0 bridgehead atoms. The lowest BCUT2D eigenvalue weighted by molar-refractivity contribution is -0.132. The molecule has 0 spiro atoms. The highest BCUT2D eigenvalue weighted by atomic mass is 35.5. The molecule has 0 aromatic carbocycles. The van der Waals surface area contributed by atoms with Gasteiger partial charge in [-0.25, -0.2) is 0 Å². The fourth-order valence-corrected chi connectivity index (χ4v) is 2.38. The summed E-state index contributed by atoms with van der Waals surface area (Å²) in [6, 6.07) is -0.352. The molecule has 0 aliphatic carbocycles. The molecule has 4 nitrogen and oxygen atoms in total. The van der Waals surface area contributed by atoms with Gasteiger partial charge in [-0.15, -0.1) is 12.4 Å².